The number of aliphatic hydroxyl groups excluding tert-OH is 1. The van der Waals surface area contributed by atoms with Crippen LogP contribution in [0.4, 0.5) is 0 Å². The zero-order valence-corrected chi connectivity index (χ0v) is 20.8. The summed E-state index contributed by atoms with van der Waals surface area (Å²) in [6.45, 7) is 12.1. The summed E-state index contributed by atoms with van der Waals surface area (Å²) in [6, 6.07) is 0. The van der Waals surface area contributed by atoms with Gasteiger partial charge in [-0.2, -0.15) is 0 Å². The molecule has 4 saturated carbocycles. The summed E-state index contributed by atoms with van der Waals surface area (Å²) in [7, 11) is 0. The molecule has 0 radical (unpaired) electrons. The van der Waals surface area contributed by atoms with Crippen LogP contribution in [0.3, 0.4) is 0 Å². The molecule has 7 aliphatic rings. The van der Waals surface area contributed by atoms with Gasteiger partial charge in [-0.3, -0.25) is 0 Å². The molecule has 0 aromatic carbocycles. The van der Waals surface area contributed by atoms with Gasteiger partial charge in [0.25, 0.3) is 0 Å². The molecule has 13 unspecified atom stereocenters. The lowest BCUT2D eigenvalue weighted by Gasteiger charge is -2.58. The topological polar surface area (TPSA) is 51.2 Å². The van der Waals surface area contributed by atoms with Crippen molar-refractivity contribution in [2.75, 3.05) is 0 Å². The van der Waals surface area contributed by atoms with Crippen LogP contribution in [0.25, 0.3) is 0 Å². The Kier molecular flexibility index (Phi) is 4.19. The van der Waals surface area contributed by atoms with E-state index in [2.05, 4.69) is 34.6 Å². The van der Waals surface area contributed by atoms with Crippen molar-refractivity contribution in [1.29, 1.82) is 0 Å². The third kappa shape index (κ3) is 2.30. The molecule has 2 bridgehead atoms. The minimum Gasteiger partial charge on any atom is -0.393 e. The fourth-order valence-corrected chi connectivity index (χ4v) is 10.6. The number of aliphatic hydroxyl groups is 1. The van der Waals surface area contributed by atoms with Crippen molar-refractivity contribution < 1.29 is 19.3 Å². The summed E-state index contributed by atoms with van der Waals surface area (Å²) in [4.78, 5) is 0. The molecule has 0 aromatic heterocycles. The van der Waals surface area contributed by atoms with E-state index in [0.29, 0.717) is 41.3 Å². The van der Waals surface area contributed by atoms with Gasteiger partial charge < -0.3 is 19.3 Å². The van der Waals surface area contributed by atoms with Crippen LogP contribution in [-0.2, 0) is 14.2 Å². The Morgan fingerprint density at radius 1 is 0.969 bits per heavy atom. The Morgan fingerprint density at radius 3 is 2.56 bits per heavy atom. The summed E-state index contributed by atoms with van der Waals surface area (Å²) in [5.41, 5.74) is 0.510. The largest absolute Gasteiger partial charge is 0.393 e. The van der Waals surface area contributed by atoms with Gasteiger partial charge in [-0.25, -0.2) is 0 Å². The molecule has 32 heavy (non-hydrogen) atoms. The van der Waals surface area contributed by atoms with E-state index < -0.39 is 0 Å². The molecule has 3 saturated heterocycles. The zero-order chi connectivity index (χ0) is 22.3. The first-order valence-corrected chi connectivity index (χ1v) is 13.8. The van der Waals surface area contributed by atoms with Gasteiger partial charge in [0.1, 0.15) is 5.60 Å². The minimum atomic E-state index is -0.0987. The lowest BCUT2D eigenvalue weighted by Crippen LogP contribution is -2.60. The highest BCUT2D eigenvalue weighted by Crippen LogP contribution is 2.81. The van der Waals surface area contributed by atoms with Crippen molar-refractivity contribution >= 4 is 0 Å². The first-order valence-electron chi connectivity index (χ1n) is 13.8. The normalized spacial score (nSPS) is 62.3. The summed E-state index contributed by atoms with van der Waals surface area (Å²) in [5.74, 6) is 3.89. The third-order valence-electron chi connectivity index (χ3n) is 12.6. The van der Waals surface area contributed by atoms with Gasteiger partial charge in [-0.05, 0) is 93.8 Å². The van der Waals surface area contributed by atoms with Gasteiger partial charge in [0.2, 0.25) is 0 Å². The van der Waals surface area contributed by atoms with E-state index in [9.17, 15) is 5.11 Å². The molecule has 2 spiro atoms. The standard InChI is InChI=1S/C28H44O4/c1-15(2)16(3)6-10-26(5)21-14-19-23-27(21,24(30-19)32-26)11-8-20-25(4)9-7-18(29)12-17(25)13-22-28(20,23)31-22/h15-24,29H,6-14H2,1-5H3. The van der Waals surface area contributed by atoms with Crippen molar-refractivity contribution in [3.63, 3.8) is 0 Å². The molecule has 3 heterocycles. The van der Waals surface area contributed by atoms with Gasteiger partial charge in [0.15, 0.2) is 6.29 Å². The summed E-state index contributed by atoms with van der Waals surface area (Å²) in [5, 5.41) is 10.4. The number of hydrogen-bond acceptors (Lipinski definition) is 4. The quantitative estimate of drug-likeness (QED) is 0.597. The van der Waals surface area contributed by atoms with Gasteiger partial charge in [0, 0.05) is 17.3 Å². The number of fused-ring (bicyclic) bond motifs is 2. The van der Waals surface area contributed by atoms with Crippen LogP contribution in [0.5, 0.6) is 0 Å². The smallest absolute Gasteiger partial charge is 0.165 e. The number of ether oxygens (including phenoxy) is 3. The number of epoxide rings is 1. The molecule has 1 N–H and O–H groups in total. The molecular formula is C28H44O4. The molecule has 7 rings (SSSR count). The third-order valence-corrected chi connectivity index (χ3v) is 12.6. The first kappa shape index (κ1) is 21.1. The molecular weight excluding hydrogens is 400 g/mol. The van der Waals surface area contributed by atoms with Crippen LogP contribution in [0.1, 0.15) is 92.4 Å². The maximum atomic E-state index is 10.4. The van der Waals surface area contributed by atoms with Crippen LogP contribution in [-0.4, -0.2) is 40.9 Å². The van der Waals surface area contributed by atoms with Gasteiger partial charge in [-0.1, -0.05) is 27.7 Å². The lowest BCUT2D eigenvalue weighted by atomic mass is 9.44. The highest BCUT2D eigenvalue weighted by molar-refractivity contribution is 5.33. The number of hydrogen-bond donors (Lipinski definition) is 1. The van der Waals surface area contributed by atoms with Crippen LogP contribution in [0, 0.1) is 46.3 Å². The van der Waals surface area contributed by atoms with Crippen molar-refractivity contribution in [1.82, 2.24) is 0 Å². The Balaban J connectivity index is 1.20. The van der Waals surface area contributed by atoms with E-state index in [1.165, 1.54) is 32.1 Å². The van der Waals surface area contributed by atoms with Gasteiger partial charge >= 0.3 is 0 Å². The van der Waals surface area contributed by atoms with E-state index in [-0.39, 0.29) is 29.0 Å². The second-order valence-corrected chi connectivity index (χ2v) is 14.0. The highest BCUT2D eigenvalue weighted by Gasteiger charge is 2.87. The molecule has 4 aliphatic carbocycles. The Bertz CT molecular complexity index is 813. The van der Waals surface area contributed by atoms with Crippen molar-refractivity contribution in [3.8, 4) is 0 Å². The summed E-state index contributed by atoms with van der Waals surface area (Å²) >= 11 is 0. The van der Waals surface area contributed by atoms with Crippen LogP contribution >= 0.6 is 0 Å². The van der Waals surface area contributed by atoms with Crippen LogP contribution < -0.4 is 0 Å². The highest BCUT2D eigenvalue weighted by atomic mass is 16.7. The fourth-order valence-electron chi connectivity index (χ4n) is 10.6. The number of rotatable bonds is 4. The monoisotopic (exact) mass is 444 g/mol. The van der Waals surface area contributed by atoms with Crippen molar-refractivity contribution in [2.24, 2.45) is 46.3 Å². The minimum absolute atomic E-state index is 0.00510. The van der Waals surface area contributed by atoms with E-state index in [1.807, 2.05) is 0 Å². The molecule has 7 fully saturated rings. The lowest BCUT2D eigenvalue weighted by molar-refractivity contribution is -0.176. The molecule has 0 aromatic rings. The first-order chi connectivity index (χ1) is 15.1. The van der Waals surface area contributed by atoms with E-state index >= 15 is 0 Å². The Labute approximate surface area is 194 Å². The van der Waals surface area contributed by atoms with E-state index in [0.717, 1.165) is 37.5 Å². The zero-order valence-electron chi connectivity index (χ0n) is 20.8. The van der Waals surface area contributed by atoms with Crippen LogP contribution in [0.2, 0.25) is 0 Å². The Hall–Kier alpha value is -0.160. The molecule has 3 aliphatic heterocycles. The van der Waals surface area contributed by atoms with Gasteiger partial charge in [-0.15, -0.1) is 0 Å². The van der Waals surface area contributed by atoms with E-state index in [1.54, 1.807) is 0 Å². The van der Waals surface area contributed by atoms with Gasteiger partial charge in [0.05, 0.1) is 23.9 Å². The van der Waals surface area contributed by atoms with Crippen molar-refractivity contribution in [3.05, 3.63) is 0 Å². The Morgan fingerprint density at radius 2 is 1.78 bits per heavy atom. The van der Waals surface area contributed by atoms with Crippen molar-refractivity contribution in [2.45, 2.75) is 128 Å². The fraction of sp³-hybridized carbons (Fsp3) is 1.00. The summed E-state index contributed by atoms with van der Waals surface area (Å²) < 4.78 is 20.5. The SMILES string of the molecule is CC(C)C(C)CCC1(C)OC2OC3CC1C21CCC2C4(C)CCC(O)CC4CC4OC42C31. The second kappa shape index (κ2) is 6.33. The summed E-state index contributed by atoms with van der Waals surface area (Å²) in [6.07, 6.45) is 11.0. The molecule has 180 valence electrons. The molecule has 13 atom stereocenters. The predicted molar refractivity (Wildman–Crippen MR) is 122 cm³/mol. The molecule has 4 nitrogen and oxygen atoms in total. The maximum Gasteiger partial charge on any atom is 0.165 e. The van der Waals surface area contributed by atoms with E-state index in [4.69, 9.17) is 14.2 Å². The molecule has 4 heteroatoms. The molecule has 0 amide bonds. The predicted octanol–water partition coefficient (Wildman–Crippen LogP) is 5.31. The maximum absolute atomic E-state index is 10.4. The van der Waals surface area contributed by atoms with Crippen LogP contribution in [0.15, 0.2) is 0 Å². The average Bonchev–Trinajstić information content (AvgIpc) is 3.15. The second-order valence-electron chi connectivity index (χ2n) is 14.0. The average molecular weight is 445 g/mol.